The normalized spacial score (nSPS) is 9.77. The second-order valence-electron chi connectivity index (χ2n) is 2.28. The van der Waals surface area contributed by atoms with Crippen molar-refractivity contribution < 1.29 is 0 Å². The van der Waals surface area contributed by atoms with Gasteiger partial charge in [-0.1, -0.05) is 23.2 Å². The number of benzene rings is 1. The molecule has 13 heavy (non-hydrogen) atoms. The van der Waals surface area contributed by atoms with Crippen molar-refractivity contribution in [3.63, 3.8) is 0 Å². The number of anilines is 1. The lowest BCUT2D eigenvalue weighted by Crippen LogP contribution is -2.20. The molecule has 0 aromatic heterocycles. The third-order valence-electron chi connectivity index (χ3n) is 1.27. The van der Waals surface area contributed by atoms with Crippen LogP contribution in [-0.4, -0.2) is 5.96 Å². The second-order valence-corrected chi connectivity index (χ2v) is 4.34. The van der Waals surface area contributed by atoms with E-state index in [-0.39, 0.29) is 5.96 Å². The molecule has 0 aliphatic heterocycles. The molecule has 0 bridgehead atoms. The van der Waals surface area contributed by atoms with Crippen molar-refractivity contribution in [2.75, 3.05) is 5.32 Å². The smallest absolute Gasteiger partial charge is 0.190 e. The summed E-state index contributed by atoms with van der Waals surface area (Å²) >= 11 is 13.8. The number of halogens is 3. The molecule has 0 atom stereocenters. The van der Waals surface area contributed by atoms with Gasteiger partial charge in [0.1, 0.15) is 0 Å². The number of hydrogen-bond donors (Lipinski definition) is 3. The predicted molar refractivity (Wildman–Crippen MR) is 64.7 cm³/mol. The highest BCUT2D eigenvalue weighted by Gasteiger charge is 2.07. The van der Waals surface area contributed by atoms with E-state index < -0.39 is 0 Å². The maximum atomic E-state index is 7.03. The Kier molecular flexibility index (Phi) is 3.63. The molecule has 0 aliphatic carbocycles. The van der Waals surface area contributed by atoms with Crippen LogP contribution in [0.3, 0.4) is 0 Å². The molecular weight excluding hydrogens is 324 g/mol. The van der Waals surface area contributed by atoms with Crippen molar-refractivity contribution in [1.82, 2.24) is 0 Å². The zero-order valence-electron chi connectivity index (χ0n) is 6.37. The fourth-order valence-corrected chi connectivity index (χ4v) is 2.37. The molecule has 0 heterocycles. The van der Waals surface area contributed by atoms with Gasteiger partial charge in [-0.25, -0.2) is 0 Å². The van der Waals surface area contributed by atoms with Gasteiger partial charge in [0, 0.05) is 3.57 Å². The summed E-state index contributed by atoms with van der Waals surface area (Å²) in [5.41, 5.74) is 5.62. The third kappa shape index (κ3) is 2.89. The Bertz CT molecular complexity index is 331. The van der Waals surface area contributed by atoms with Gasteiger partial charge in [-0.2, -0.15) is 0 Å². The molecule has 3 nitrogen and oxygen atoms in total. The van der Waals surface area contributed by atoms with Gasteiger partial charge in [-0.05, 0) is 34.7 Å². The molecule has 1 aromatic rings. The van der Waals surface area contributed by atoms with E-state index in [2.05, 4.69) is 27.9 Å². The zero-order chi connectivity index (χ0) is 10.0. The molecule has 0 spiro atoms. The molecule has 70 valence electrons. The van der Waals surface area contributed by atoms with Crippen LogP contribution in [0.4, 0.5) is 5.69 Å². The molecule has 0 aliphatic rings. The second kappa shape index (κ2) is 4.34. The fourth-order valence-electron chi connectivity index (χ4n) is 0.796. The standard InChI is InChI=1S/C7H6Cl2IN3/c8-4-1-3(10)2-5(9)6(4)13-7(11)12/h1-2H,(H4,11,12,13). The third-order valence-corrected chi connectivity index (χ3v) is 2.49. The number of guanidine groups is 1. The van der Waals surface area contributed by atoms with Crippen LogP contribution in [0.5, 0.6) is 0 Å². The quantitative estimate of drug-likeness (QED) is 0.421. The minimum absolute atomic E-state index is 0.190. The summed E-state index contributed by atoms with van der Waals surface area (Å²) in [6.07, 6.45) is 0. The zero-order valence-corrected chi connectivity index (χ0v) is 10.0. The fraction of sp³-hybridized carbons (Fsp3) is 0. The molecule has 0 unspecified atom stereocenters. The maximum Gasteiger partial charge on any atom is 0.190 e. The Hall–Kier alpha value is -0.200. The number of hydrogen-bond acceptors (Lipinski definition) is 1. The minimum atomic E-state index is -0.190. The topological polar surface area (TPSA) is 61.9 Å². The molecule has 1 aromatic carbocycles. The highest BCUT2D eigenvalue weighted by atomic mass is 127. The van der Waals surface area contributed by atoms with Crippen LogP contribution in [0.1, 0.15) is 0 Å². The summed E-state index contributed by atoms with van der Waals surface area (Å²) in [4.78, 5) is 0. The largest absolute Gasteiger partial charge is 0.370 e. The molecule has 0 fully saturated rings. The summed E-state index contributed by atoms with van der Waals surface area (Å²) < 4.78 is 0.932. The first-order valence-corrected chi connectivity index (χ1v) is 5.10. The van der Waals surface area contributed by atoms with Crippen molar-refractivity contribution in [1.29, 1.82) is 5.41 Å². The van der Waals surface area contributed by atoms with Crippen LogP contribution >= 0.6 is 45.8 Å². The SMILES string of the molecule is N=C(N)Nc1c(Cl)cc(I)cc1Cl. The van der Waals surface area contributed by atoms with Gasteiger partial charge in [0.05, 0.1) is 15.7 Å². The van der Waals surface area contributed by atoms with Crippen LogP contribution < -0.4 is 11.1 Å². The van der Waals surface area contributed by atoms with Crippen molar-refractivity contribution >= 4 is 57.4 Å². The molecular formula is C7H6Cl2IN3. The Morgan fingerprint density at radius 1 is 1.38 bits per heavy atom. The Morgan fingerprint density at radius 2 is 1.85 bits per heavy atom. The van der Waals surface area contributed by atoms with Crippen LogP contribution in [0.15, 0.2) is 12.1 Å². The van der Waals surface area contributed by atoms with Gasteiger partial charge in [-0.3, -0.25) is 5.41 Å². The minimum Gasteiger partial charge on any atom is -0.370 e. The highest BCUT2D eigenvalue weighted by Crippen LogP contribution is 2.31. The summed E-state index contributed by atoms with van der Waals surface area (Å²) in [6, 6.07) is 3.47. The molecule has 0 amide bonds. The van der Waals surface area contributed by atoms with Crippen molar-refractivity contribution in [3.05, 3.63) is 25.7 Å². The van der Waals surface area contributed by atoms with E-state index in [1.165, 1.54) is 0 Å². The first-order chi connectivity index (χ1) is 6.00. The molecule has 4 N–H and O–H groups in total. The first kappa shape index (κ1) is 10.9. The number of nitrogens with one attached hydrogen (secondary N) is 2. The Labute approximate surface area is 99.2 Å². The lowest BCUT2D eigenvalue weighted by molar-refractivity contribution is 1.41. The van der Waals surface area contributed by atoms with Crippen molar-refractivity contribution in [2.45, 2.75) is 0 Å². The number of rotatable bonds is 1. The maximum absolute atomic E-state index is 7.03. The van der Waals surface area contributed by atoms with E-state index in [0.717, 1.165) is 3.57 Å². The van der Waals surface area contributed by atoms with E-state index >= 15 is 0 Å². The lowest BCUT2D eigenvalue weighted by atomic mass is 10.3. The molecule has 0 radical (unpaired) electrons. The van der Waals surface area contributed by atoms with Crippen molar-refractivity contribution in [3.8, 4) is 0 Å². The van der Waals surface area contributed by atoms with Gasteiger partial charge in [-0.15, -0.1) is 0 Å². The van der Waals surface area contributed by atoms with Crippen LogP contribution in [0.25, 0.3) is 0 Å². The monoisotopic (exact) mass is 329 g/mol. The molecule has 0 saturated heterocycles. The Balaban J connectivity index is 3.13. The highest BCUT2D eigenvalue weighted by molar-refractivity contribution is 14.1. The lowest BCUT2D eigenvalue weighted by Gasteiger charge is -2.08. The average Bonchev–Trinajstić information content (AvgIpc) is 1.96. The average molecular weight is 330 g/mol. The van der Waals surface area contributed by atoms with Crippen LogP contribution in [0.2, 0.25) is 10.0 Å². The summed E-state index contributed by atoms with van der Waals surface area (Å²) in [6.45, 7) is 0. The number of nitrogens with two attached hydrogens (primary N) is 1. The van der Waals surface area contributed by atoms with Gasteiger partial charge < -0.3 is 11.1 Å². The van der Waals surface area contributed by atoms with E-state index in [0.29, 0.717) is 15.7 Å². The van der Waals surface area contributed by atoms with Crippen molar-refractivity contribution in [2.24, 2.45) is 5.73 Å². The van der Waals surface area contributed by atoms with E-state index in [9.17, 15) is 0 Å². The summed E-state index contributed by atoms with van der Waals surface area (Å²) in [5, 5.41) is 10.5. The van der Waals surface area contributed by atoms with Gasteiger partial charge in [0.25, 0.3) is 0 Å². The first-order valence-electron chi connectivity index (χ1n) is 3.26. The molecule has 1 rings (SSSR count). The van der Waals surface area contributed by atoms with E-state index in [4.69, 9.17) is 34.3 Å². The van der Waals surface area contributed by atoms with Gasteiger partial charge >= 0.3 is 0 Å². The van der Waals surface area contributed by atoms with E-state index in [1.54, 1.807) is 12.1 Å². The molecule has 6 heteroatoms. The molecule has 0 saturated carbocycles. The summed E-state index contributed by atoms with van der Waals surface area (Å²) in [7, 11) is 0. The van der Waals surface area contributed by atoms with E-state index in [1.807, 2.05) is 0 Å². The summed E-state index contributed by atoms with van der Waals surface area (Å²) in [5.74, 6) is -0.190. The Morgan fingerprint density at radius 3 is 2.23 bits per heavy atom. The van der Waals surface area contributed by atoms with Gasteiger partial charge in [0.2, 0.25) is 0 Å². The van der Waals surface area contributed by atoms with Crippen LogP contribution in [-0.2, 0) is 0 Å². The predicted octanol–water partition coefficient (Wildman–Crippen LogP) is 2.90. The van der Waals surface area contributed by atoms with Gasteiger partial charge in [0.15, 0.2) is 5.96 Å². The van der Waals surface area contributed by atoms with Crippen LogP contribution in [0, 0.1) is 8.98 Å².